The number of carbonyl (C=O) groups excluding carboxylic acids is 6. The zero-order valence-electron chi connectivity index (χ0n) is 45.3. The summed E-state index contributed by atoms with van der Waals surface area (Å²) in [4.78, 5) is 140. The number of benzene rings is 1. The number of pyridine rings is 1. The Balaban J connectivity index is 1.09. The fourth-order valence-corrected chi connectivity index (χ4v) is 14.1. The highest BCUT2D eigenvalue weighted by Crippen LogP contribution is 2.39. The van der Waals surface area contributed by atoms with Gasteiger partial charge in [0.1, 0.15) is 70.0 Å². The molecule has 84 heavy (non-hydrogen) atoms. The lowest BCUT2D eigenvalue weighted by atomic mass is 9.99. The van der Waals surface area contributed by atoms with Gasteiger partial charge in [-0.2, -0.15) is 0 Å². The summed E-state index contributed by atoms with van der Waals surface area (Å²) in [5.41, 5.74) is 3.13. The zero-order valence-corrected chi connectivity index (χ0v) is 50.2. The smallest absolute Gasteiger partial charge is 0.307 e. The molecule has 1 aromatic carbocycles. The lowest BCUT2D eigenvalue weighted by molar-refractivity contribution is -0.148. The molecule has 30 heteroatoms. The van der Waals surface area contributed by atoms with Crippen LogP contribution in [0.1, 0.15) is 119 Å². The molecule has 1 aliphatic rings. The van der Waals surface area contributed by atoms with Gasteiger partial charge in [0.15, 0.2) is 0 Å². The summed E-state index contributed by atoms with van der Waals surface area (Å²) in [6.07, 6.45) is -0.967. The first-order chi connectivity index (χ1) is 40.3. The molecule has 0 fully saturated rings. The first-order valence-corrected chi connectivity index (χ1v) is 31.0. The molecular formula is C54H53N13O11S6. The van der Waals surface area contributed by atoms with E-state index in [1.54, 1.807) is 35.2 Å². The standard InChI is InChI=1S/C54H53N13O11S6/c1-24(2)41-53-67-44(35(84-53)19-78-5)46(74)56-18-39(70)57-30(15-26-9-7-6-8-10-26)50-62-34(22-81-50)51-60-32(20-80-51)43-28(12-13-29(58-43)49-64-36(23-82-49)63-37(68)14-11-27(54(76)77)16-40(71)72)48-61-33(21-79-48)45(73)59-31(17-38(69)55-4)52-66-42(25(3)83-52)47(75)65-41/h6-10,12-13,20-24,27,30-31,41H,11,14-19H2,1-5H3,(H,55,69)(H,56,74)(H,57,70)(H,59,73)(H,63,68)(H,65,75)(H,71,72)(H,76,77)/t27?,30-,31-,41?/m0/s1. The Morgan fingerprint density at radius 3 is 2.14 bits per heavy atom. The Hall–Kier alpha value is -8.13. The number of ether oxygens (including phenoxy) is 1. The number of carbonyl (C=O) groups is 8. The first-order valence-electron chi connectivity index (χ1n) is 25.8. The molecule has 24 nitrogen and oxygen atoms in total. The molecule has 4 atom stereocenters. The molecule has 1 aliphatic heterocycles. The van der Waals surface area contributed by atoms with Gasteiger partial charge >= 0.3 is 11.9 Å². The summed E-state index contributed by atoms with van der Waals surface area (Å²) < 4.78 is 5.45. The van der Waals surface area contributed by atoms with E-state index in [0.717, 1.165) is 28.2 Å². The van der Waals surface area contributed by atoms with Crippen LogP contribution in [-0.4, -0.2) is 113 Å². The molecule has 0 radical (unpaired) electrons. The number of aryl methyl sites for hydroxylation is 1. The van der Waals surface area contributed by atoms with E-state index in [-0.39, 0.29) is 59.7 Å². The molecule has 8 aromatic rings. The molecule has 436 valence electrons. The average Bonchev–Trinajstić information content (AvgIpc) is 3.72. The summed E-state index contributed by atoms with van der Waals surface area (Å²) in [6.45, 7) is 5.09. The van der Waals surface area contributed by atoms with Gasteiger partial charge in [-0.1, -0.05) is 44.2 Å². The zero-order chi connectivity index (χ0) is 59.8. The summed E-state index contributed by atoms with van der Waals surface area (Å²) >= 11 is 7.25. The van der Waals surface area contributed by atoms with E-state index in [9.17, 15) is 43.5 Å². The van der Waals surface area contributed by atoms with E-state index in [4.69, 9.17) is 34.8 Å². The van der Waals surface area contributed by atoms with Crippen molar-refractivity contribution in [2.24, 2.45) is 11.8 Å². The molecule has 9 rings (SSSR count). The number of hydrogen-bond donors (Lipinski definition) is 8. The molecule has 0 saturated heterocycles. The van der Waals surface area contributed by atoms with E-state index in [0.29, 0.717) is 69.6 Å². The Morgan fingerprint density at radius 1 is 0.690 bits per heavy atom. The number of amides is 6. The number of fused-ring (bicyclic) bond motifs is 14. The topological polar surface area (TPSA) is 349 Å². The fourth-order valence-electron chi connectivity index (χ4n) is 8.65. The van der Waals surface area contributed by atoms with Crippen molar-refractivity contribution in [3.63, 3.8) is 0 Å². The van der Waals surface area contributed by atoms with Gasteiger partial charge in [-0.3, -0.25) is 38.4 Å². The van der Waals surface area contributed by atoms with Crippen molar-refractivity contribution >= 4 is 121 Å². The molecule has 0 aliphatic carbocycles. The highest BCUT2D eigenvalue weighted by molar-refractivity contribution is 7.15. The Bertz CT molecular complexity index is 3780. The van der Waals surface area contributed by atoms with Gasteiger partial charge in [0.05, 0.1) is 60.6 Å². The largest absolute Gasteiger partial charge is 0.481 e. The maximum atomic E-state index is 14.3. The minimum Gasteiger partial charge on any atom is -0.481 e. The third-order valence-electron chi connectivity index (χ3n) is 12.9. The van der Waals surface area contributed by atoms with Gasteiger partial charge in [0.2, 0.25) is 17.7 Å². The maximum Gasteiger partial charge on any atom is 0.307 e. The summed E-state index contributed by atoms with van der Waals surface area (Å²) in [6, 6.07) is 10.6. The minimum absolute atomic E-state index is 0.00955. The Morgan fingerprint density at radius 2 is 1.40 bits per heavy atom. The molecule has 0 saturated carbocycles. The maximum absolute atomic E-state index is 14.3. The second kappa shape index (κ2) is 27.1. The van der Waals surface area contributed by atoms with Crippen molar-refractivity contribution in [2.45, 2.75) is 77.6 Å². The number of carboxylic acid groups (broad SMARTS) is 2. The fraction of sp³-hybridized carbons (Fsp3) is 0.315. The first kappa shape index (κ1) is 60.5. The molecule has 2 unspecified atom stereocenters. The normalized spacial score (nSPS) is 16.2. The number of nitrogens with one attached hydrogen (secondary N) is 6. The van der Waals surface area contributed by atoms with Crippen molar-refractivity contribution in [2.75, 3.05) is 26.0 Å². The predicted molar refractivity (Wildman–Crippen MR) is 317 cm³/mol. The summed E-state index contributed by atoms with van der Waals surface area (Å²) in [7, 11) is 2.94. The molecule has 7 aromatic heterocycles. The van der Waals surface area contributed by atoms with Crippen LogP contribution in [0, 0.1) is 18.8 Å². The SMILES string of the molecule is CNC(=O)C[C@@H]1NC(=O)c2csc(n2)-c2ccc(-c3nc(NC(=O)CCC(CC(=O)O)C(=O)O)cs3)nc2-c2csc(n2)-c2csc(n2)[C@H](Cc2ccccc2)NC(=O)CNC(=O)c2nc(sc2COC)C(C(C)C)NC(=O)c2nc1sc2C. The number of nitrogens with zero attached hydrogens (tertiary/aromatic N) is 7. The number of anilines is 1. The van der Waals surface area contributed by atoms with E-state index in [1.165, 1.54) is 59.5 Å². The van der Waals surface area contributed by atoms with Gasteiger partial charge in [0, 0.05) is 52.5 Å². The van der Waals surface area contributed by atoms with Crippen LogP contribution < -0.4 is 31.9 Å². The van der Waals surface area contributed by atoms with Crippen LogP contribution in [0.15, 0.2) is 64.0 Å². The lowest BCUT2D eigenvalue weighted by Crippen LogP contribution is -2.39. The number of aromatic nitrogens is 7. The van der Waals surface area contributed by atoms with Crippen LogP contribution in [0.5, 0.6) is 0 Å². The average molecular weight is 1250 g/mol. The lowest BCUT2D eigenvalue weighted by Gasteiger charge is -2.20. The monoisotopic (exact) mass is 1250 g/mol. The van der Waals surface area contributed by atoms with Gasteiger partial charge in [-0.05, 0) is 43.4 Å². The molecule has 8 N–H and O–H groups in total. The third-order valence-corrected chi connectivity index (χ3v) is 18.6. The number of rotatable bonds is 15. The molecule has 6 amide bonds. The van der Waals surface area contributed by atoms with Crippen LogP contribution in [0.2, 0.25) is 0 Å². The van der Waals surface area contributed by atoms with Gasteiger partial charge in [-0.25, -0.2) is 34.9 Å². The van der Waals surface area contributed by atoms with Gasteiger partial charge in [-0.15, -0.1) is 68.0 Å². The van der Waals surface area contributed by atoms with Crippen LogP contribution in [0.3, 0.4) is 0 Å². The molecule has 8 heterocycles. The van der Waals surface area contributed by atoms with E-state index in [2.05, 4.69) is 41.9 Å². The molecule has 0 spiro atoms. The van der Waals surface area contributed by atoms with Crippen molar-refractivity contribution < 1.29 is 53.3 Å². The van der Waals surface area contributed by atoms with Crippen LogP contribution in [0.25, 0.3) is 43.4 Å². The van der Waals surface area contributed by atoms with Crippen LogP contribution in [-0.2, 0) is 41.7 Å². The van der Waals surface area contributed by atoms with E-state index in [1.807, 2.05) is 49.6 Å². The van der Waals surface area contributed by atoms with Gasteiger partial charge in [0.25, 0.3) is 17.7 Å². The van der Waals surface area contributed by atoms with E-state index >= 15 is 0 Å². The highest BCUT2D eigenvalue weighted by atomic mass is 32.1. The number of methoxy groups -OCH3 is 1. The van der Waals surface area contributed by atoms with Crippen molar-refractivity contribution in [1.82, 2.24) is 61.5 Å². The minimum atomic E-state index is -1.32. The van der Waals surface area contributed by atoms with Crippen molar-refractivity contribution in [3.05, 3.63) is 111 Å². The third kappa shape index (κ3) is 14.6. The Labute approximate surface area is 503 Å². The number of aliphatic carboxylic acids is 2. The second-order valence-corrected chi connectivity index (χ2v) is 25.1. The van der Waals surface area contributed by atoms with Gasteiger partial charge < -0.3 is 46.9 Å². The van der Waals surface area contributed by atoms with Crippen LogP contribution >= 0.6 is 68.0 Å². The quantitative estimate of drug-likeness (QED) is 0.0487. The van der Waals surface area contributed by atoms with Crippen LogP contribution in [0.4, 0.5) is 5.82 Å². The predicted octanol–water partition coefficient (Wildman–Crippen LogP) is 7.72. The second-order valence-electron chi connectivity index (χ2n) is 19.3. The van der Waals surface area contributed by atoms with Crippen molar-refractivity contribution in [3.8, 4) is 43.4 Å². The Kier molecular flexibility index (Phi) is 19.5. The van der Waals surface area contributed by atoms with E-state index < -0.39 is 84.4 Å². The highest BCUT2D eigenvalue weighted by Gasteiger charge is 2.32. The molecular weight excluding hydrogens is 1200 g/mol. The summed E-state index contributed by atoms with van der Waals surface area (Å²) in [5.74, 6) is -7.22. The van der Waals surface area contributed by atoms with Crippen molar-refractivity contribution in [1.29, 1.82) is 0 Å². The molecule has 10 bridgehead atoms. The number of hydrogen-bond acceptors (Lipinski definition) is 22. The summed E-state index contributed by atoms with van der Waals surface area (Å²) in [5, 5.41) is 44.9. The number of thiazole rings is 6. The number of carboxylic acids is 2.